The first-order valence-corrected chi connectivity index (χ1v) is 6.47. The zero-order valence-corrected chi connectivity index (χ0v) is 11.6. The van der Waals surface area contributed by atoms with E-state index in [2.05, 4.69) is 5.32 Å². The number of hydrogen-bond acceptors (Lipinski definition) is 3. The monoisotopic (exact) mass is 324 g/mol. The quantitative estimate of drug-likeness (QED) is 0.687. The number of hydrogen-bond donors (Lipinski definition) is 1. The van der Waals surface area contributed by atoms with Crippen molar-refractivity contribution in [1.82, 2.24) is 0 Å². The fourth-order valence-corrected chi connectivity index (χ4v) is 1.96. The molecule has 8 heteroatoms. The van der Waals surface area contributed by atoms with Crippen molar-refractivity contribution in [2.45, 2.75) is 12.6 Å². The van der Waals surface area contributed by atoms with Gasteiger partial charge in [0, 0.05) is 17.3 Å². The molecule has 2 aromatic rings. The van der Waals surface area contributed by atoms with Gasteiger partial charge in [0.15, 0.2) is 0 Å². The summed E-state index contributed by atoms with van der Waals surface area (Å²) >= 11 is 0. The third kappa shape index (κ3) is 4.29. The van der Waals surface area contributed by atoms with E-state index in [1.165, 1.54) is 18.2 Å². The maximum Gasteiger partial charge on any atom is 0.416 e. The molecule has 0 saturated carbocycles. The maximum atomic E-state index is 12.4. The number of nitrogens with one attached hydrogen (secondary N) is 1. The van der Waals surface area contributed by atoms with Crippen molar-refractivity contribution >= 4 is 17.3 Å². The van der Waals surface area contributed by atoms with Crippen molar-refractivity contribution in [3.63, 3.8) is 0 Å². The van der Waals surface area contributed by atoms with Crippen molar-refractivity contribution in [3.8, 4) is 0 Å². The molecular formula is C15H11F3N2O3. The van der Waals surface area contributed by atoms with E-state index in [4.69, 9.17) is 0 Å². The average molecular weight is 324 g/mol. The van der Waals surface area contributed by atoms with Gasteiger partial charge in [-0.05, 0) is 24.3 Å². The van der Waals surface area contributed by atoms with Gasteiger partial charge in [0.2, 0.25) is 5.91 Å². The predicted octanol–water partition coefficient (Wildman–Crippen LogP) is 3.79. The van der Waals surface area contributed by atoms with Gasteiger partial charge in [0.1, 0.15) is 0 Å². The summed E-state index contributed by atoms with van der Waals surface area (Å²) in [5.74, 6) is -0.556. The summed E-state index contributed by atoms with van der Waals surface area (Å²) < 4.78 is 37.3. The number of nitro groups is 1. The molecule has 0 aliphatic rings. The second-order valence-corrected chi connectivity index (χ2v) is 4.69. The highest BCUT2D eigenvalue weighted by molar-refractivity contribution is 5.92. The second kappa shape index (κ2) is 6.47. The van der Waals surface area contributed by atoms with Crippen LogP contribution in [0.5, 0.6) is 0 Å². The Labute approximate surface area is 128 Å². The van der Waals surface area contributed by atoms with E-state index in [1.54, 1.807) is 6.07 Å². The molecule has 0 aromatic heterocycles. The van der Waals surface area contributed by atoms with Gasteiger partial charge in [-0.2, -0.15) is 13.2 Å². The van der Waals surface area contributed by atoms with Crippen LogP contribution in [0.4, 0.5) is 24.5 Å². The van der Waals surface area contributed by atoms with Crippen LogP contribution in [0.1, 0.15) is 11.1 Å². The molecule has 0 bridgehead atoms. The highest BCUT2D eigenvalue weighted by atomic mass is 19.4. The Balaban J connectivity index is 2.07. The van der Waals surface area contributed by atoms with Gasteiger partial charge in [-0.1, -0.05) is 18.2 Å². The third-order valence-electron chi connectivity index (χ3n) is 3.04. The molecule has 0 aliphatic carbocycles. The van der Waals surface area contributed by atoms with Gasteiger partial charge in [-0.15, -0.1) is 0 Å². The summed E-state index contributed by atoms with van der Waals surface area (Å²) in [4.78, 5) is 22.1. The van der Waals surface area contributed by atoms with E-state index in [0.717, 1.165) is 24.3 Å². The Hall–Kier alpha value is -2.90. The zero-order valence-electron chi connectivity index (χ0n) is 11.6. The van der Waals surface area contributed by atoms with Gasteiger partial charge in [-0.25, -0.2) is 0 Å². The summed E-state index contributed by atoms with van der Waals surface area (Å²) in [6.07, 6.45) is -4.70. The van der Waals surface area contributed by atoms with Crippen LogP contribution in [0.3, 0.4) is 0 Å². The molecule has 0 spiro atoms. The lowest BCUT2D eigenvalue weighted by atomic mass is 10.1. The van der Waals surface area contributed by atoms with Crippen molar-refractivity contribution in [1.29, 1.82) is 0 Å². The van der Waals surface area contributed by atoms with Gasteiger partial charge in [0.05, 0.1) is 16.9 Å². The number of rotatable bonds is 4. The summed E-state index contributed by atoms with van der Waals surface area (Å²) in [5, 5.41) is 13.3. The first-order valence-electron chi connectivity index (χ1n) is 6.47. The number of carbonyl (C=O) groups excluding carboxylic acids is 1. The highest BCUT2D eigenvalue weighted by Crippen LogP contribution is 2.29. The van der Waals surface area contributed by atoms with Gasteiger partial charge < -0.3 is 5.32 Å². The minimum absolute atomic E-state index is 0.182. The van der Waals surface area contributed by atoms with Crippen LogP contribution in [-0.2, 0) is 17.4 Å². The van der Waals surface area contributed by atoms with Crippen molar-refractivity contribution in [3.05, 3.63) is 69.8 Å². The summed E-state index contributed by atoms with van der Waals surface area (Å²) in [6, 6.07) is 9.72. The molecule has 0 aliphatic heterocycles. The summed E-state index contributed by atoms with van der Waals surface area (Å²) in [7, 11) is 0. The van der Waals surface area contributed by atoms with Crippen LogP contribution in [0.2, 0.25) is 0 Å². The van der Waals surface area contributed by atoms with E-state index in [1.807, 2.05) is 0 Å². The second-order valence-electron chi connectivity index (χ2n) is 4.69. The molecule has 120 valence electrons. The van der Waals surface area contributed by atoms with Crippen molar-refractivity contribution in [2.75, 3.05) is 5.32 Å². The Morgan fingerprint density at radius 3 is 2.26 bits per heavy atom. The Morgan fingerprint density at radius 2 is 1.70 bits per heavy atom. The molecule has 1 N–H and O–H groups in total. The van der Waals surface area contributed by atoms with Crippen LogP contribution >= 0.6 is 0 Å². The lowest BCUT2D eigenvalue weighted by molar-refractivity contribution is -0.385. The number of nitrogens with zero attached hydrogens (tertiary/aromatic N) is 1. The lowest BCUT2D eigenvalue weighted by Crippen LogP contribution is -2.15. The topological polar surface area (TPSA) is 72.2 Å². The number of nitro benzene ring substituents is 1. The molecule has 0 fully saturated rings. The average Bonchev–Trinajstić information content (AvgIpc) is 2.47. The standard InChI is InChI=1S/C15H11F3N2O3/c16-15(17,18)11-5-7-12(8-6-11)19-14(21)9-10-3-1-2-4-13(10)20(22)23/h1-8H,9H2,(H,19,21). The first-order chi connectivity index (χ1) is 10.8. The highest BCUT2D eigenvalue weighted by Gasteiger charge is 2.30. The number of amides is 1. The molecular weight excluding hydrogens is 313 g/mol. The summed E-state index contributed by atoms with van der Waals surface area (Å²) in [5.41, 5.74) is -0.604. The number of alkyl halides is 3. The van der Waals surface area contributed by atoms with E-state index in [9.17, 15) is 28.1 Å². The molecule has 0 heterocycles. The minimum atomic E-state index is -4.45. The van der Waals surface area contributed by atoms with Gasteiger partial charge in [0.25, 0.3) is 5.69 Å². The molecule has 5 nitrogen and oxygen atoms in total. The smallest absolute Gasteiger partial charge is 0.326 e. The Bertz CT molecular complexity index is 727. The molecule has 0 atom stereocenters. The van der Waals surface area contributed by atoms with E-state index in [0.29, 0.717) is 0 Å². The zero-order chi connectivity index (χ0) is 17.0. The third-order valence-corrected chi connectivity index (χ3v) is 3.04. The van der Waals surface area contributed by atoms with E-state index < -0.39 is 22.6 Å². The van der Waals surface area contributed by atoms with E-state index >= 15 is 0 Å². The Morgan fingerprint density at radius 1 is 1.09 bits per heavy atom. The van der Waals surface area contributed by atoms with Gasteiger partial charge in [-0.3, -0.25) is 14.9 Å². The molecule has 0 unspecified atom stereocenters. The van der Waals surface area contributed by atoms with E-state index in [-0.39, 0.29) is 23.4 Å². The maximum absolute atomic E-state index is 12.4. The number of para-hydroxylation sites is 1. The molecule has 2 aromatic carbocycles. The number of carbonyl (C=O) groups is 1. The predicted molar refractivity (Wildman–Crippen MR) is 76.9 cm³/mol. The van der Waals surface area contributed by atoms with Crippen LogP contribution in [0, 0.1) is 10.1 Å². The van der Waals surface area contributed by atoms with Crippen LogP contribution in [0.15, 0.2) is 48.5 Å². The van der Waals surface area contributed by atoms with Crippen LogP contribution in [-0.4, -0.2) is 10.8 Å². The molecule has 2 rings (SSSR count). The fraction of sp³-hybridized carbons (Fsp3) is 0.133. The molecule has 1 amide bonds. The first kappa shape index (κ1) is 16.5. The molecule has 0 saturated heterocycles. The number of halogens is 3. The largest absolute Gasteiger partial charge is 0.416 e. The molecule has 23 heavy (non-hydrogen) atoms. The number of anilines is 1. The molecule has 0 radical (unpaired) electrons. The van der Waals surface area contributed by atoms with Crippen LogP contribution < -0.4 is 5.32 Å². The van der Waals surface area contributed by atoms with Crippen molar-refractivity contribution in [2.24, 2.45) is 0 Å². The van der Waals surface area contributed by atoms with Crippen molar-refractivity contribution < 1.29 is 22.9 Å². The normalized spacial score (nSPS) is 11.1. The SMILES string of the molecule is O=C(Cc1ccccc1[N+](=O)[O-])Nc1ccc(C(F)(F)F)cc1. The summed E-state index contributed by atoms with van der Waals surface area (Å²) in [6.45, 7) is 0. The Kier molecular flexibility index (Phi) is 4.63. The van der Waals surface area contributed by atoms with Crippen LogP contribution in [0.25, 0.3) is 0 Å². The number of benzene rings is 2. The van der Waals surface area contributed by atoms with Gasteiger partial charge >= 0.3 is 6.18 Å². The minimum Gasteiger partial charge on any atom is -0.326 e. The lowest BCUT2D eigenvalue weighted by Gasteiger charge is -2.09. The fourth-order valence-electron chi connectivity index (χ4n) is 1.96.